The molecule has 0 aliphatic heterocycles. The van der Waals surface area contributed by atoms with Gasteiger partial charge in [0.1, 0.15) is 5.54 Å². The van der Waals surface area contributed by atoms with E-state index in [0.717, 1.165) is 36.9 Å². The van der Waals surface area contributed by atoms with E-state index in [1.54, 1.807) is 0 Å². The van der Waals surface area contributed by atoms with E-state index in [-0.39, 0.29) is 5.69 Å². The van der Waals surface area contributed by atoms with Crippen molar-refractivity contribution >= 4 is 11.9 Å². The molecule has 0 atom stereocenters. The van der Waals surface area contributed by atoms with Crippen molar-refractivity contribution in [3.05, 3.63) is 41.7 Å². The zero-order chi connectivity index (χ0) is 17.9. The van der Waals surface area contributed by atoms with Crippen LogP contribution in [0.15, 0.2) is 30.5 Å². The molecule has 2 aromatic rings. The van der Waals surface area contributed by atoms with Crippen molar-refractivity contribution in [1.82, 2.24) is 20.3 Å². The predicted molar refractivity (Wildman–Crippen MR) is 91.6 cm³/mol. The molecular formula is C18H22N4O3. The first-order valence-electron chi connectivity index (χ1n) is 8.55. The minimum absolute atomic E-state index is 0.117. The smallest absolute Gasteiger partial charge is 0.329 e. The topological polar surface area (TPSA) is 97.1 Å². The van der Waals surface area contributed by atoms with Gasteiger partial charge in [-0.05, 0) is 37.5 Å². The second kappa shape index (κ2) is 7.04. The van der Waals surface area contributed by atoms with Gasteiger partial charge in [0.2, 0.25) is 0 Å². The van der Waals surface area contributed by atoms with Crippen LogP contribution in [0, 0.1) is 6.92 Å². The van der Waals surface area contributed by atoms with Crippen molar-refractivity contribution in [3.63, 3.8) is 0 Å². The molecule has 7 nitrogen and oxygen atoms in total. The molecule has 0 radical (unpaired) electrons. The van der Waals surface area contributed by atoms with E-state index >= 15 is 0 Å². The molecular weight excluding hydrogens is 320 g/mol. The van der Waals surface area contributed by atoms with Crippen LogP contribution in [0.4, 0.5) is 0 Å². The number of rotatable bonds is 4. The maximum atomic E-state index is 12.6. The Morgan fingerprint density at radius 2 is 1.92 bits per heavy atom. The van der Waals surface area contributed by atoms with Crippen molar-refractivity contribution < 1.29 is 14.7 Å². The number of carboxylic acid groups (broad SMARTS) is 1. The van der Waals surface area contributed by atoms with Crippen LogP contribution < -0.4 is 5.32 Å². The van der Waals surface area contributed by atoms with E-state index in [2.05, 4.69) is 15.6 Å². The van der Waals surface area contributed by atoms with Crippen LogP contribution >= 0.6 is 0 Å². The molecule has 2 N–H and O–H groups in total. The van der Waals surface area contributed by atoms with Crippen LogP contribution in [-0.2, 0) is 4.79 Å². The molecule has 132 valence electrons. The van der Waals surface area contributed by atoms with Crippen molar-refractivity contribution in [1.29, 1.82) is 0 Å². The molecule has 1 amide bonds. The molecule has 25 heavy (non-hydrogen) atoms. The summed E-state index contributed by atoms with van der Waals surface area (Å²) >= 11 is 0. The molecule has 7 heteroatoms. The molecule has 1 aliphatic carbocycles. The number of aliphatic carboxylic acids is 1. The number of nitrogens with zero attached hydrogens (tertiary/aromatic N) is 3. The van der Waals surface area contributed by atoms with Crippen LogP contribution in [0.25, 0.3) is 5.69 Å². The molecule has 0 saturated heterocycles. The van der Waals surface area contributed by atoms with E-state index in [1.165, 1.54) is 10.9 Å². The minimum atomic E-state index is -1.21. The number of nitrogens with one attached hydrogen (secondary N) is 1. The third-order valence-corrected chi connectivity index (χ3v) is 4.71. The molecule has 1 heterocycles. The van der Waals surface area contributed by atoms with E-state index in [1.807, 2.05) is 31.2 Å². The Morgan fingerprint density at radius 1 is 1.20 bits per heavy atom. The van der Waals surface area contributed by atoms with Crippen molar-refractivity contribution in [3.8, 4) is 5.69 Å². The summed E-state index contributed by atoms with van der Waals surface area (Å²) < 4.78 is 1.52. The van der Waals surface area contributed by atoms with E-state index < -0.39 is 17.4 Å². The quantitative estimate of drug-likeness (QED) is 0.832. The van der Waals surface area contributed by atoms with Gasteiger partial charge in [-0.3, -0.25) is 4.79 Å². The van der Waals surface area contributed by atoms with Crippen LogP contribution in [0.3, 0.4) is 0 Å². The van der Waals surface area contributed by atoms with E-state index in [4.69, 9.17) is 0 Å². The summed E-state index contributed by atoms with van der Waals surface area (Å²) in [5.74, 6) is -1.47. The summed E-state index contributed by atoms with van der Waals surface area (Å²) in [6.45, 7) is 1.97. The molecule has 1 aromatic heterocycles. The van der Waals surface area contributed by atoms with Crippen molar-refractivity contribution in [2.75, 3.05) is 0 Å². The van der Waals surface area contributed by atoms with Gasteiger partial charge in [0, 0.05) is 0 Å². The lowest BCUT2D eigenvalue weighted by atomic mass is 9.90. The number of hydrogen-bond donors (Lipinski definition) is 2. The van der Waals surface area contributed by atoms with Gasteiger partial charge >= 0.3 is 5.97 Å². The fourth-order valence-electron chi connectivity index (χ4n) is 3.27. The SMILES string of the molecule is Cc1cccc(-n2cc(C(=O)NC3(C(=O)O)CCCCCC3)nn2)c1. The Morgan fingerprint density at radius 3 is 2.56 bits per heavy atom. The van der Waals surface area contributed by atoms with Gasteiger partial charge in [0.25, 0.3) is 5.91 Å². The molecule has 1 fully saturated rings. The Kier molecular flexibility index (Phi) is 4.83. The summed E-state index contributed by atoms with van der Waals surface area (Å²) in [5.41, 5.74) is 0.781. The maximum absolute atomic E-state index is 12.6. The first kappa shape index (κ1) is 17.1. The second-order valence-corrected chi connectivity index (χ2v) is 6.64. The normalized spacial score (nSPS) is 16.8. The monoisotopic (exact) mass is 342 g/mol. The second-order valence-electron chi connectivity index (χ2n) is 6.64. The lowest BCUT2D eigenvalue weighted by molar-refractivity contribution is -0.145. The molecule has 0 spiro atoms. The molecule has 1 aliphatic rings. The van der Waals surface area contributed by atoms with Crippen LogP contribution in [0.2, 0.25) is 0 Å². The number of carboxylic acids is 1. The Labute approximate surface area is 146 Å². The largest absolute Gasteiger partial charge is 0.480 e. The van der Waals surface area contributed by atoms with Gasteiger partial charge in [0.15, 0.2) is 5.69 Å². The lowest BCUT2D eigenvalue weighted by Crippen LogP contribution is -2.54. The van der Waals surface area contributed by atoms with Gasteiger partial charge in [-0.2, -0.15) is 0 Å². The van der Waals surface area contributed by atoms with Gasteiger partial charge in [-0.15, -0.1) is 5.10 Å². The molecule has 1 saturated carbocycles. The van der Waals surface area contributed by atoms with E-state index in [9.17, 15) is 14.7 Å². The fourth-order valence-corrected chi connectivity index (χ4v) is 3.27. The molecule has 0 unspecified atom stereocenters. The molecule has 0 bridgehead atoms. The summed E-state index contributed by atoms with van der Waals surface area (Å²) in [6, 6.07) is 7.67. The zero-order valence-corrected chi connectivity index (χ0v) is 14.2. The summed E-state index contributed by atoms with van der Waals surface area (Å²) in [5, 5.41) is 20.3. The third-order valence-electron chi connectivity index (χ3n) is 4.71. The number of benzene rings is 1. The first-order valence-corrected chi connectivity index (χ1v) is 8.55. The Balaban J connectivity index is 1.80. The highest BCUT2D eigenvalue weighted by Gasteiger charge is 2.40. The highest BCUT2D eigenvalue weighted by molar-refractivity contribution is 5.96. The molecule has 3 rings (SSSR count). The summed E-state index contributed by atoms with van der Waals surface area (Å²) in [6.07, 6.45) is 5.99. The highest BCUT2D eigenvalue weighted by atomic mass is 16.4. The number of aromatic nitrogens is 3. The third kappa shape index (κ3) is 3.70. The molecule has 1 aromatic carbocycles. The van der Waals surface area contributed by atoms with E-state index in [0.29, 0.717) is 12.8 Å². The number of amides is 1. The van der Waals surface area contributed by atoms with Gasteiger partial charge < -0.3 is 10.4 Å². The summed E-state index contributed by atoms with van der Waals surface area (Å²) in [4.78, 5) is 24.4. The zero-order valence-electron chi connectivity index (χ0n) is 14.2. The minimum Gasteiger partial charge on any atom is -0.480 e. The number of hydrogen-bond acceptors (Lipinski definition) is 4. The fraction of sp³-hybridized carbons (Fsp3) is 0.444. The number of aryl methyl sites for hydroxylation is 1. The average Bonchev–Trinajstić information content (AvgIpc) is 2.96. The van der Waals surface area contributed by atoms with Gasteiger partial charge in [-0.25, -0.2) is 9.48 Å². The highest BCUT2D eigenvalue weighted by Crippen LogP contribution is 2.27. The number of carbonyl (C=O) groups is 2. The van der Waals surface area contributed by atoms with Crippen molar-refractivity contribution in [2.24, 2.45) is 0 Å². The first-order chi connectivity index (χ1) is 12.0. The van der Waals surface area contributed by atoms with Crippen LogP contribution in [-0.4, -0.2) is 37.5 Å². The lowest BCUT2D eigenvalue weighted by Gasteiger charge is -2.28. The van der Waals surface area contributed by atoms with Gasteiger partial charge in [-0.1, -0.05) is 43.0 Å². The van der Waals surface area contributed by atoms with Crippen LogP contribution in [0.1, 0.15) is 54.6 Å². The van der Waals surface area contributed by atoms with Gasteiger partial charge in [0.05, 0.1) is 11.9 Å². The predicted octanol–water partition coefficient (Wildman–Crippen LogP) is 2.48. The summed E-state index contributed by atoms with van der Waals surface area (Å²) in [7, 11) is 0. The average molecular weight is 342 g/mol. The number of carbonyl (C=O) groups excluding carboxylic acids is 1. The van der Waals surface area contributed by atoms with Crippen LogP contribution in [0.5, 0.6) is 0 Å². The Bertz CT molecular complexity index is 776. The standard InChI is InChI=1S/C18H22N4O3/c1-13-7-6-8-14(11-13)22-12-15(20-21-22)16(23)19-18(17(24)25)9-4-2-3-5-10-18/h6-8,11-12H,2-5,9-10H2,1H3,(H,19,23)(H,24,25). The van der Waals surface area contributed by atoms with Crippen molar-refractivity contribution in [2.45, 2.75) is 51.0 Å². The maximum Gasteiger partial charge on any atom is 0.329 e. The Hall–Kier alpha value is -2.70.